The van der Waals surface area contributed by atoms with Crippen molar-refractivity contribution < 1.29 is 9.53 Å². The van der Waals surface area contributed by atoms with Crippen LogP contribution in [0.25, 0.3) is 21.8 Å². The largest absolute Gasteiger partial charge is 0.460 e. The van der Waals surface area contributed by atoms with Gasteiger partial charge in [0.25, 0.3) is 0 Å². The number of aromatic nitrogens is 1. The zero-order valence-electron chi connectivity index (χ0n) is 21.6. The third-order valence-electron chi connectivity index (χ3n) is 7.16. The highest BCUT2D eigenvalue weighted by Crippen LogP contribution is 2.34. The number of rotatable bonds is 13. The Morgan fingerprint density at radius 2 is 1.56 bits per heavy atom. The lowest BCUT2D eigenvalue weighted by Crippen LogP contribution is -2.13. The maximum absolute atomic E-state index is 12.8. The van der Waals surface area contributed by atoms with Crippen LogP contribution in [0.4, 0.5) is 0 Å². The molecule has 190 valence electrons. The fourth-order valence-corrected chi connectivity index (χ4v) is 5.16. The second-order valence-electron chi connectivity index (χ2n) is 9.88. The van der Waals surface area contributed by atoms with Crippen molar-refractivity contribution >= 4 is 39.4 Å². The van der Waals surface area contributed by atoms with E-state index >= 15 is 0 Å². The first-order chi connectivity index (χ1) is 17.6. The standard InChI is InChI=1S/C32H38ClNO2/c1-3-4-5-6-7-8-9-13-20-34-30-19-17-27(33)22-29(30)28-18-16-26(21-31(28)34)24(2)32(35)36-23-25-14-11-10-12-15-25/h10-12,14-19,21-22,24H,3-9,13,20,23H2,1-2H3. The number of hydrogen-bond acceptors (Lipinski definition) is 2. The van der Waals surface area contributed by atoms with Gasteiger partial charge in [-0.15, -0.1) is 0 Å². The molecular formula is C32H38ClNO2. The first-order valence-corrected chi connectivity index (χ1v) is 13.9. The van der Waals surface area contributed by atoms with E-state index in [0.717, 1.165) is 34.6 Å². The van der Waals surface area contributed by atoms with Gasteiger partial charge in [-0.25, -0.2) is 0 Å². The molecule has 0 saturated heterocycles. The molecule has 1 unspecified atom stereocenters. The lowest BCUT2D eigenvalue weighted by atomic mass is 9.99. The van der Waals surface area contributed by atoms with Gasteiger partial charge in [0.2, 0.25) is 0 Å². The predicted molar refractivity (Wildman–Crippen MR) is 152 cm³/mol. The van der Waals surface area contributed by atoms with E-state index in [1.165, 1.54) is 61.2 Å². The fraction of sp³-hybridized carbons (Fsp3) is 0.406. The molecule has 4 heteroatoms. The second kappa shape index (κ2) is 13.0. The molecule has 0 aliphatic carbocycles. The molecule has 0 aliphatic rings. The number of benzene rings is 3. The van der Waals surface area contributed by atoms with Crippen LogP contribution >= 0.6 is 11.6 Å². The van der Waals surface area contributed by atoms with E-state index in [-0.39, 0.29) is 11.9 Å². The van der Waals surface area contributed by atoms with Crippen molar-refractivity contribution in [3.8, 4) is 0 Å². The molecular weight excluding hydrogens is 466 g/mol. The lowest BCUT2D eigenvalue weighted by Gasteiger charge is -2.13. The van der Waals surface area contributed by atoms with Crippen molar-refractivity contribution in [2.24, 2.45) is 0 Å². The first kappa shape index (κ1) is 26.3. The molecule has 3 aromatic carbocycles. The molecule has 0 fully saturated rings. The topological polar surface area (TPSA) is 31.2 Å². The summed E-state index contributed by atoms with van der Waals surface area (Å²) in [7, 11) is 0. The van der Waals surface area contributed by atoms with Gasteiger partial charge >= 0.3 is 5.97 Å². The number of aryl methyl sites for hydroxylation is 1. The monoisotopic (exact) mass is 503 g/mol. The first-order valence-electron chi connectivity index (χ1n) is 13.5. The number of esters is 1. The molecule has 4 aromatic rings. The molecule has 36 heavy (non-hydrogen) atoms. The molecule has 1 aromatic heterocycles. The van der Waals surface area contributed by atoms with Crippen molar-refractivity contribution in [3.05, 3.63) is 82.9 Å². The Labute approximate surface area is 220 Å². The Hall–Kier alpha value is -2.78. The van der Waals surface area contributed by atoms with Gasteiger partial charge in [0.15, 0.2) is 0 Å². The molecule has 0 amide bonds. The predicted octanol–water partition coefficient (Wildman–Crippen LogP) is 9.44. The molecule has 3 nitrogen and oxygen atoms in total. The third-order valence-corrected chi connectivity index (χ3v) is 7.40. The van der Waals surface area contributed by atoms with Crippen molar-refractivity contribution in [1.82, 2.24) is 4.57 Å². The highest BCUT2D eigenvalue weighted by atomic mass is 35.5. The van der Waals surface area contributed by atoms with Crippen LogP contribution in [0, 0.1) is 0 Å². The van der Waals surface area contributed by atoms with Crippen LogP contribution in [0.1, 0.15) is 82.3 Å². The summed E-state index contributed by atoms with van der Waals surface area (Å²) in [5, 5.41) is 3.10. The van der Waals surface area contributed by atoms with Crippen molar-refractivity contribution in [3.63, 3.8) is 0 Å². The summed E-state index contributed by atoms with van der Waals surface area (Å²) in [5.74, 6) is -0.539. The van der Waals surface area contributed by atoms with Gasteiger partial charge in [-0.05, 0) is 48.7 Å². The number of fused-ring (bicyclic) bond motifs is 3. The number of nitrogens with zero attached hydrogens (tertiary/aromatic N) is 1. The maximum atomic E-state index is 12.8. The van der Waals surface area contributed by atoms with Crippen LogP contribution in [-0.2, 0) is 22.7 Å². The average molecular weight is 504 g/mol. The molecule has 4 rings (SSSR count). The van der Waals surface area contributed by atoms with Crippen LogP contribution in [0.5, 0.6) is 0 Å². The summed E-state index contributed by atoms with van der Waals surface area (Å²) >= 11 is 6.36. The quantitative estimate of drug-likeness (QED) is 0.134. The molecule has 1 atom stereocenters. The molecule has 0 N–H and O–H groups in total. The Morgan fingerprint density at radius 1 is 0.833 bits per heavy atom. The van der Waals surface area contributed by atoms with Crippen LogP contribution < -0.4 is 0 Å². The van der Waals surface area contributed by atoms with E-state index in [0.29, 0.717) is 6.61 Å². The van der Waals surface area contributed by atoms with Gasteiger partial charge in [-0.1, -0.05) is 106 Å². The minimum Gasteiger partial charge on any atom is -0.460 e. The van der Waals surface area contributed by atoms with Gasteiger partial charge < -0.3 is 9.30 Å². The maximum Gasteiger partial charge on any atom is 0.313 e. The molecule has 0 bridgehead atoms. The summed E-state index contributed by atoms with van der Waals surface area (Å²) in [6.07, 6.45) is 10.4. The molecule has 0 spiro atoms. The Balaban J connectivity index is 1.50. The van der Waals surface area contributed by atoms with E-state index < -0.39 is 0 Å². The van der Waals surface area contributed by atoms with E-state index in [9.17, 15) is 4.79 Å². The minimum atomic E-state index is -0.337. The van der Waals surface area contributed by atoms with Crippen molar-refractivity contribution in [1.29, 1.82) is 0 Å². The van der Waals surface area contributed by atoms with Gasteiger partial charge in [0.1, 0.15) is 6.61 Å². The van der Waals surface area contributed by atoms with E-state index in [2.05, 4.69) is 41.8 Å². The zero-order valence-corrected chi connectivity index (χ0v) is 22.4. The normalized spacial score (nSPS) is 12.3. The number of carbonyl (C=O) groups excluding carboxylic acids is 1. The summed E-state index contributed by atoms with van der Waals surface area (Å²) in [6.45, 7) is 5.45. The zero-order chi connectivity index (χ0) is 25.3. The molecule has 0 aliphatic heterocycles. The van der Waals surface area contributed by atoms with Crippen LogP contribution in [0.3, 0.4) is 0 Å². The van der Waals surface area contributed by atoms with Crippen LogP contribution in [-0.4, -0.2) is 10.5 Å². The van der Waals surface area contributed by atoms with Gasteiger partial charge in [-0.2, -0.15) is 0 Å². The highest BCUT2D eigenvalue weighted by molar-refractivity contribution is 6.31. The Bertz CT molecular complexity index is 1280. The van der Waals surface area contributed by atoms with Crippen LogP contribution in [0.15, 0.2) is 66.7 Å². The lowest BCUT2D eigenvalue weighted by molar-refractivity contribution is -0.146. The van der Waals surface area contributed by atoms with E-state index in [1.807, 2.05) is 43.3 Å². The second-order valence-corrected chi connectivity index (χ2v) is 10.3. The number of unbranched alkanes of at least 4 members (excludes halogenated alkanes) is 7. The summed E-state index contributed by atoms with van der Waals surface area (Å²) in [4.78, 5) is 12.8. The summed E-state index contributed by atoms with van der Waals surface area (Å²) in [5.41, 5.74) is 4.34. The summed E-state index contributed by atoms with van der Waals surface area (Å²) < 4.78 is 8.03. The molecule has 0 radical (unpaired) electrons. The van der Waals surface area contributed by atoms with Crippen molar-refractivity contribution in [2.75, 3.05) is 0 Å². The molecule has 0 saturated carbocycles. The van der Waals surface area contributed by atoms with Crippen LogP contribution in [0.2, 0.25) is 5.02 Å². The van der Waals surface area contributed by atoms with Gasteiger partial charge in [0, 0.05) is 33.4 Å². The average Bonchev–Trinajstić information content (AvgIpc) is 3.20. The number of carbonyl (C=O) groups is 1. The highest BCUT2D eigenvalue weighted by Gasteiger charge is 2.19. The SMILES string of the molecule is CCCCCCCCCCn1c2ccc(Cl)cc2c2ccc(C(C)C(=O)OCc3ccccc3)cc21. The molecule has 1 heterocycles. The van der Waals surface area contributed by atoms with Gasteiger partial charge in [0.05, 0.1) is 5.92 Å². The number of ether oxygens (including phenoxy) is 1. The van der Waals surface area contributed by atoms with E-state index in [1.54, 1.807) is 0 Å². The fourth-order valence-electron chi connectivity index (χ4n) is 4.99. The van der Waals surface area contributed by atoms with E-state index in [4.69, 9.17) is 16.3 Å². The van der Waals surface area contributed by atoms with Crippen molar-refractivity contribution in [2.45, 2.75) is 84.3 Å². The third kappa shape index (κ3) is 6.50. The number of hydrogen-bond donors (Lipinski definition) is 0. The summed E-state index contributed by atoms with van der Waals surface area (Å²) in [6, 6.07) is 22.3. The minimum absolute atomic E-state index is 0.202. The van der Waals surface area contributed by atoms with Gasteiger partial charge in [-0.3, -0.25) is 4.79 Å². The Kier molecular flexibility index (Phi) is 9.47. The Morgan fingerprint density at radius 3 is 2.31 bits per heavy atom. The smallest absolute Gasteiger partial charge is 0.313 e. The number of halogens is 1.